The van der Waals surface area contributed by atoms with Gasteiger partial charge in [-0.25, -0.2) is 19.9 Å². The van der Waals surface area contributed by atoms with Crippen molar-refractivity contribution in [1.29, 1.82) is 0 Å². The second-order valence-corrected chi connectivity index (χ2v) is 16.3. The van der Waals surface area contributed by atoms with Gasteiger partial charge in [0.15, 0.2) is 0 Å². The Balaban J connectivity index is 0.894. The van der Waals surface area contributed by atoms with Gasteiger partial charge in [0.25, 0.3) is 0 Å². The lowest BCUT2D eigenvalue weighted by Gasteiger charge is -2.10. The number of benzene rings is 7. The minimum atomic E-state index is 0.873. The van der Waals surface area contributed by atoms with Crippen LogP contribution < -0.4 is 0 Å². The van der Waals surface area contributed by atoms with E-state index < -0.39 is 0 Å². The maximum atomic E-state index is 5.35. The molecule has 0 saturated carbocycles. The highest BCUT2D eigenvalue weighted by Gasteiger charge is 2.17. The van der Waals surface area contributed by atoms with E-state index in [2.05, 4.69) is 216 Å². The third kappa shape index (κ3) is 5.88. The van der Waals surface area contributed by atoms with Crippen molar-refractivity contribution >= 4 is 65.4 Å². The molecule has 0 aliphatic carbocycles. The van der Waals surface area contributed by atoms with Gasteiger partial charge in [-0.3, -0.25) is 0 Å². The van der Waals surface area contributed by atoms with E-state index in [1.165, 1.54) is 0 Å². The summed E-state index contributed by atoms with van der Waals surface area (Å²) in [7, 11) is 0. The molecule has 6 nitrogen and oxygen atoms in total. The van der Waals surface area contributed by atoms with Crippen molar-refractivity contribution in [2.24, 2.45) is 0 Å². The Kier molecular flexibility index (Phi) is 8.11. The summed E-state index contributed by atoms with van der Waals surface area (Å²) in [6, 6.07) is 72.1. The van der Waals surface area contributed by atoms with Crippen LogP contribution in [0.5, 0.6) is 0 Å². The van der Waals surface area contributed by atoms with E-state index in [1.54, 1.807) is 0 Å². The number of aromatic nitrogens is 6. The molecule has 0 aliphatic heterocycles. The van der Waals surface area contributed by atoms with Gasteiger partial charge in [-0.15, -0.1) is 0 Å². The molecule has 0 radical (unpaired) electrons. The molecule has 6 heteroatoms. The molecule has 0 bridgehead atoms. The molecule has 64 heavy (non-hydrogen) atoms. The number of para-hydroxylation sites is 4. The lowest BCUT2D eigenvalue weighted by Crippen LogP contribution is -1.92. The van der Waals surface area contributed by atoms with Crippen LogP contribution in [0.25, 0.3) is 122 Å². The van der Waals surface area contributed by atoms with E-state index in [-0.39, 0.29) is 0 Å². The van der Waals surface area contributed by atoms with Crippen LogP contribution in [-0.4, -0.2) is 29.1 Å². The molecular formula is C58H36N6. The van der Waals surface area contributed by atoms with Crippen LogP contribution in [0.1, 0.15) is 0 Å². The Morgan fingerprint density at radius 3 is 1.05 bits per heavy atom. The molecule has 0 saturated heterocycles. The molecule has 7 aromatic carbocycles. The Hall–Kier alpha value is -8.74. The zero-order chi connectivity index (χ0) is 42.1. The summed E-state index contributed by atoms with van der Waals surface area (Å²) in [4.78, 5) is 21.4. The number of pyridine rings is 4. The van der Waals surface area contributed by atoms with Crippen LogP contribution in [-0.2, 0) is 0 Å². The molecular weight excluding hydrogens is 781 g/mol. The fourth-order valence-corrected chi connectivity index (χ4v) is 9.37. The molecule has 0 amide bonds. The highest BCUT2D eigenvalue weighted by Crippen LogP contribution is 2.37. The molecule has 13 aromatic rings. The monoisotopic (exact) mass is 816 g/mol. The van der Waals surface area contributed by atoms with Crippen LogP contribution in [0.3, 0.4) is 0 Å². The van der Waals surface area contributed by atoms with Gasteiger partial charge in [-0.2, -0.15) is 0 Å². The summed E-state index contributed by atoms with van der Waals surface area (Å²) in [5.74, 6) is 0. The van der Waals surface area contributed by atoms with Crippen molar-refractivity contribution in [2.45, 2.75) is 0 Å². The topological polar surface area (TPSA) is 61.4 Å². The molecule has 0 aliphatic rings. The van der Waals surface area contributed by atoms with Crippen molar-refractivity contribution < 1.29 is 0 Å². The summed E-state index contributed by atoms with van der Waals surface area (Å²) in [5.41, 5.74) is 15.8. The molecule has 6 heterocycles. The van der Waals surface area contributed by atoms with E-state index in [4.69, 9.17) is 19.9 Å². The van der Waals surface area contributed by atoms with Gasteiger partial charge in [0.05, 0.1) is 55.9 Å². The molecule has 0 unspecified atom stereocenters. The second-order valence-electron chi connectivity index (χ2n) is 16.3. The van der Waals surface area contributed by atoms with Gasteiger partial charge in [-0.05, 0) is 66.7 Å². The fraction of sp³-hybridized carbons (Fsp3) is 0. The minimum absolute atomic E-state index is 0.873. The second kappa shape index (κ2) is 14.4. The summed E-state index contributed by atoms with van der Waals surface area (Å²) in [5, 5.41) is 6.50. The molecule has 298 valence electrons. The quantitative estimate of drug-likeness (QED) is 0.157. The third-order valence-corrected chi connectivity index (χ3v) is 12.5. The van der Waals surface area contributed by atoms with Crippen LogP contribution in [0.4, 0.5) is 0 Å². The molecule has 13 rings (SSSR count). The summed E-state index contributed by atoms with van der Waals surface area (Å²) >= 11 is 0. The standard InChI is InChI=1S/C58H36N6/c1-3-14-43(15-4-1)63-35-47(45-18-7-9-20-53(45)63)51-32-28-39-24-22-37-26-30-49(59-55(37)57(39)61-51)41-12-11-13-42(34-41)50-31-27-38-23-25-40-29-33-52(62-58(40)56(38)60-50)48-36-64(44-16-5-2-6-17-44)54-21-10-8-19-46(48)54/h1-36H. The lowest BCUT2D eigenvalue weighted by atomic mass is 10.0. The Morgan fingerprint density at radius 2 is 0.625 bits per heavy atom. The van der Waals surface area contributed by atoms with Gasteiger partial charge in [-0.1, -0.05) is 140 Å². The summed E-state index contributed by atoms with van der Waals surface area (Å²) < 4.78 is 4.49. The first-order chi connectivity index (χ1) is 31.7. The van der Waals surface area contributed by atoms with E-state index >= 15 is 0 Å². The van der Waals surface area contributed by atoms with Crippen molar-refractivity contribution in [3.8, 4) is 56.4 Å². The Morgan fingerprint density at radius 1 is 0.281 bits per heavy atom. The minimum Gasteiger partial charge on any atom is -0.316 e. The predicted molar refractivity (Wildman–Crippen MR) is 263 cm³/mol. The molecule has 0 N–H and O–H groups in total. The van der Waals surface area contributed by atoms with Gasteiger partial charge in [0, 0.05) is 78.3 Å². The first-order valence-electron chi connectivity index (χ1n) is 21.5. The maximum absolute atomic E-state index is 5.35. The molecule has 0 spiro atoms. The SMILES string of the molecule is c1ccc(-n2cc(-c3ccc4ccc5ccc(-c6cccc(-c7ccc8ccc9ccc(-c%10cn(-c%11ccccc%11)c%11ccccc%10%11)nc9c8n7)c6)nc5c4n3)c3ccccc32)cc1. The molecule has 0 atom stereocenters. The number of fused-ring (bicyclic) bond motifs is 8. The molecule has 6 aromatic heterocycles. The van der Waals surface area contributed by atoms with E-state index in [9.17, 15) is 0 Å². The lowest BCUT2D eigenvalue weighted by molar-refractivity contribution is 1.13. The normalized spacial score (nSPS) is 11.8. The Bertz CT molecular complexity index is 3710. The smallest absolute Gasteiger partial charge is 0.0972 e. The maximum Gasteiger partial charge on any atom is 0.0972 e. The van der Waals surface area contributed by atoms with Crippen LogP contribution in [0, 0.1) is 0 Å². The van der Waals surface area contributed by atoms with Crippen LogP contribution in [0.2, 0.25) is 0 Å². The average molecular weight is 817 g/mol. The van der Waals surface area contributed by atoms with E-state index in [0.717, 1.165) is 122 Å². The Labute approximate surface area is 368 Å². The van der Waals surface area contributed by atoms with Crippen molar-refractivity contribution in [3.63, 3.8) is 0 Å². The van der Waals surface area contributed by atoms with Gasteiger partial charge in [0.1, 0.15) is 0 Å². The molecule has 0 fully saturated rings. The van der Waals surface area contributed by atoms with Gasteiger partial charge in [0.2, 0.25) is 0 Å². The fourth-order valence-electron chi connectivity index (χ4n) is 9.37. The van der Waals surface area contributed by atoms with E-state index in [1.807, 2.05) is 12.1 Å². The van der Waals surface area contributed by atoms with Crippen molar-refractivity contribution in [1.82, 2.24) is 29.1 Å². The van der Waals surface area contributed by atoms with Crippen LogP contribution in [0.15, 0.2) is 219 Å². The zero-order valence-corrected chi connectivity index (χ0v) is 34.5. The number of nitrogens with zero attached hydrogens (tertiary/aromatic N) is 6. The first kappa shape index (κ1) is 36.0. The average Bonchev–Trinajstić information content (AvgIpc) is 3.96. The van der Waals surface area contributed by atoms with Crippen molar-refractivity contribution in [2.75, 3.05) is 0 Å². The van der Waals surface area contributed by atoms with Crippen molar-refractivity contribution in [3.05, 3.63) is 219 Å². The van der Waals surface area contributed by atoms with E-state index in [0.29, 0.717) is 0 Å². The van der Waals surface area contributed by atoms with Gasteiger partial charge >= 0.3 is 0 Å². The number of hydrogen-bond donors (Lipinski definition) is 0. The number of hydrogen-bond acceptors (Lipinski definition) is 4. The van der Waals surface area contributed by atoms with Gasteiger partial charge < -0.3 is 9.13 Å². The predicted octanol–water partition coefficient (Wildman–Crippen LogP) is 14.4. The first-order valence-corrected chi connectivity index (χ1v) is 21.5. The highest BCUT2D eigenvalue weighted by molar-refractivity contribution is 6.07. The summed E-state index contributed by atoms with van der Waals surface area (Å²) in [6.45, 7) is 0. The third-order valence-electron chi connectivity index (χ3n) is 12.5. The van der Waals surface area contributed by atoms with Crippen LogP contribution >= 0.6 is 0 Å². The summed E-state index contributed by atoms with van der Waals surface area (Å²) in [6.07, 6.45) is 4.40. The highest BCUT2D eigenvalue weighted by atomic mass is 15.0. The largest absolute Gasteiger partial charge is 0.316 e. The number of rotatable bonds is 6. The zero-order valence-electron chi connectivity index (χ0n) is 34.5.